The molecule has 3 atom stereocenters. The van der Waals surface area contributed by atoms with E-state index in [0.29, 0.717) is 19.4 Å². The highest BCUT2D eigenvalue weighted by atomic mass is 32.2. The van der Waals surface area contributed by atoms with Gasteiger partial charge in [-0.1, -0.05) is 44.5 Å². The van der Waals surface area contributed by atoms with Crippen LogP contribution >= 0.6 is 0 Å². The summed E-state index contributed by atoms with van der Waals surface area (Å²) >= 11 is 0. The molecule has 3 aromatic rings. The predicted octanol–water partition coefficient (Wildman–Crippen LogP) is 3.51. The van der Waals surface area contributed by atoms with Gasteiger partial charge in [0.15, 0.2) is 9.84 Å². The first-order chi connectivity index (χ1) is 21.0. The molecule has 4 N–H and O–H groups in total. The molecule has 3 rings (SSSR count). The van der Waals surface area contributed by atoms with Crippen LogP contribution in [0.4, 0.5) is 8.78 Å². The van der Waals surface area contributed by atoms with Gasteiger partial charge in [0.1, 0.15) is 23.8 Å². The van der Waals surface area contributed by atoms with Gasteiger partial charge >= 0.3 is 5.97 Å². The van der Waals surface area contributed by atoms with E-state index >= 15 is 0 Å². The van der Waals surface area contributed by atoms with Crippen molar-refractivity contribution in [2.75, 3.05) is 18.1 Å². The van der Waals surface area contributed by atoms with Crippen molar-refractivity contribution in [2.45, 2.75) is 64.3 Å². The van der Waals surface area contributed by atoms with E-state index in [9.17, 15) is 26.8 Å². The monoisotopic (exact) mass is 630 g/mol. The molecule has 44 heavy (non-hydrogen) atoms. The first-order valence-electron chi connectivity index (χ1n) is 14.6. The Balaban J connectivity index is 1.83. The number of hydrogen-bond donors (Lipinski definition) is 3. The molecular formula is C32H40F2N4O5S. The summed E-state index contributed by atoms with van der Waals surface area (Å²) in [6, 6.07) is 11.4. The third-order valence-electron chi connectivity index (χ3n) is 6.97. The molecule has 0 radical (unpaired) electrons. The molecule has 1 aromatic heterocycles. The largest absolute Gasteiger partial charge is 0.458 e. The number of esters is 1. The Bertz CT molecular complexity index is 1470. The fraction of sp³-hybridized carbons (Fsp3) is 0.406. The summed E-state index contributed by atoms with van der Waals surface area (Å²) in [6.45, 7) is 4.35. The highest BCUT2D eigenvalue weighted by Crippen LogP contribution is 2.14. The number of halogens is 2. The number of aryl methyl sites for hydroxylation is 1. The van der Waals surface area contributed by atoms with Gasteiger partial charge in [-0.25, -0.2) is 22.0 Å². The van der Waals surface area contributed by atoms with E-state index in [2.05, 4.69) is 15.6 Å². The lowest BCUT2D eigenvalue weighted by Gasteiger charge is -2.27. The number of pyridine rings is 1. The Morgan fingerprint density at radius 2 is 1.66 bits per heavy atom. The summed E-state index contributed by atoms with van der Waals surface area (Å²) in [5.74, 6) is -4.04. The molecule has 238 valence electrons. The molecule has 0 aliphatic carbocycles. The van der Waals surface area contributed by atoms with Crippen LogP contribution in [0.2, 0.25) is 0 Å². The van der Waals surface area contributed by atoms with Crippen molar-refractivity contribution >= 4 is 21.7 Å². The Kier molecular flexibility index (Phi) is 13.4. The molecular weight excluding hydrogens is 590 g/mol. The first kappa shape index (κ1) is 34.7. The Morgan fingerprint density at radius 1 is 0.977 bits per heavy atom. The van der Waals surface area contributed by atoms with Crippen LogP contribution in [-0.4, -0.2) is 61.5 Å². The number of rotatable bonds is 17. The van der Waals surface area contributed by atoms with Crippen molar-refractivity contribution in [3.63, 3.8) is 0 Å². The summed E-state index contributed by atoms with van der Waals surface area (Å²) < 4.78 is 59.2. The molecule has 9 nitrogen and oxygen atoms in total. The summed E-state index contributed by atoms with van der Waals surface area (Å²) in [5.41, 5.74) is 9.01. The highest BCUT2D eigenvalue weighted by molar-refractivity contribution is 7.91. The van der Waals surface area contributed by atoms with E-state index in [1.54, 1.807) is 0 Å². The summed E-state index contributed by atoms with van der Waals surface area (Å²) in [5, 5.41) is 5.70. The van der Waals surface area contributed by atoms with Crippen LogP contribution < -0.4 is 16.4 Å². The third-order valence-corrected chi connectivity index (χ3v) is 8.73. The lowest BCUT2D eigenvalue weighted by molar-refractivity contribution is -0.151. The van der Waals surface area contributed by atoms with Gasteiger partial charge < -0.3 is 21.1 Å². The van der Waals surface area contributed by atoms with Gasteiger partial charge in [0.25, 0.3) is 5.91 Å². The molecule has 12 heteroatoms. The quantitative estimate of drug-likeness (QED) is 0.193. The number of sulfone groups is 1. The number of nitrogens with one attached hydrogen (secondary N) is 2. The van der Waals surface area contributed by atoms with Crippen LogP contribution in [0.15, 0.2) is 67.0 Å². The summed E-state index contributed by atoms with van der Waals surface area (Å²) in [7, 11) is -3.75. The number of hydrogen-bond acceptors (Lipinski definition) is 8. The number of aromatic nitrogens is 1. The number of unbranched alkanes of at least 4 members (excludes halogenated alkanes) is 1. The molecule has 0 spiro atoms. The van der Waals surface area contributed by atoms with Crippen molar-refractivity contribution in [1.82, 2.24) is 15.6 Å². The van der Waals surface area contributed by atoms with E-state index in [4.69, 9.17) is 10.5 Å². The Hall–Kier alpha value is -3.74. The van der Waals surface area contributed by atoms with Crippen molar-refractivity contribution < 1.29 is 31.5 Å². The zero-order chi connectivity index (χ0) is 32.1. The van der Waals surface area contributed by atoms with Gasteiger partial charge in [-0.2, -0.15) is 0 Å². The minimum absolute atomic E-state index is 0.0392. The summed E-state index contributed by atoms with van der Waals surface area (Å²) in [4.78, 5) is 30.3. The van der Waals surface area contributed by atoms with Crippen molar-refractivity contribution in [3.05, 3.63) is 101 Å². The van der Waals surface area contributed by atoms with E-state index in [1.165, 1.54) is 24.5 Å². The fourth-order valence-electron chi connectivity index (χ4n) is 4.58. The Labute approximate surface area is 257 Å². The van der Waals surface area contributed by atoms with Crippen LogP contribution in [0.25, 0.3) is 0 Å². The minimum Gasteiger partial charge on any atom is -0.458 e. The average molecular weight is 631 g/mol. The van der Waals surface area contributed by atoms with Crippen LogP contribution in [0.5, 0.6) is 0 Å². The summed E-state index contributed by atoms with van der Waals surface area (Å²) in [6.07, 6.45) is 3.59. The third kappa shape index (κ3) is 11.4. The fourth-order valence-corrected chi connectivity index (χ4v) is 6.20. The van der Waals surface area contributed by atoms with E-state index in [1.807, 2.05) is 38.1 Å². The molecule has 2 aromatic carbocycles. The average Bonchev–Trinajstić information content (AvgIpc) is 2.99. The zero-order valence-electron chi connectivity index (χ0n) is 25.0. The molecule has 0 saturated heterocycles. The number of ether oxygens (including phenoxy) is 1. The van der Waals surface area contributed by atoms with Gasteiger partial charge in [-0.15, -0.1) is 0 Å². The molecule has 0 aliphatic rings. The molecule has 0 saturated carbocycles. The molecule has 1 unspecified atom stereocenters. The van der Waals surface area contributed by atoms with Crippen LogP contribution in [-0.2, 0) is 38.8 Å². The lowest BCUT2D eigenvalue weighted by Crippen LogP contribution is -2.51. The lowest BCUT2D eigenvalue weighted by atomic mass is 10.0. The standard InChI is InChI=1S/C32H40F2N4O5S/c1-3-5-13-44(41,42)21-29(38-31(39)25-9-11-36-12-10-25)32(40)43-30(20-37-19-23-8-6-7-22(4-2)14-23)28(35)17-24-15-26(33)18-27(34)16-24/h6-12,14-16,18,28-30,37H,3-5,13,17,19-21,35H2,1-2H3,(H,38,39)/t28?,29-,30-/m1/s1. The number of carbonyl (C=O) groups is 2. The van der Waals surface area contributed by atoms with Gasteiger partial charge in [0.2, 0.25) is 0 Å². The number of nitrogens with zero attached hydrogens (tertiary/aromatic N) is 1. The number of nitrogens with two attached hydrogens (primary N) is 1. The molecule has 1 heterocycles. The molecule has 1 amide bonds. The second-order valence-electron chi connectivity index (χ2n) is 10.7. The number of carbonyl (C=O) groups excluding carboxylic acids is 2. The SMILES string of the molecule is CCCCS(=O)(=O)C[C@@H](NC(=O)c1ccncc1)C(=O)O[C@H](CNCc1cccc(CC)c1)C(N)Cc1cc(F)cc(F)c1. The van der Waals surface area contributed by atoms with Crippen LogP contribution in [0, 0.1) is 11.6 Å². The number of amides is 1. The maximum absolute atomic E-state index is 13.9. The molecule has 0 fully saturated rings. The molecule has 0 bridgehead atoms. The highest BCUT2D eigenvalue weighted by Gasteiger charge is 2.32. The van der Waals surface area contributed by atoms with E-state index in [-0.39, 0.29) is 29.8 Å². The maximum atomic E-state index is 13.9. The topological polar surface area (TPSA) is 140 Å². The smallest absolute Gasteiger partial charge is 0.330 e. The van der Waals surface area contributed by atoms with Crippen molar-refractivity contribution in [3.8, 4) is 0 Å². The molecule has 0 aliphatic heterocycles. The van der Waals surface area contributed by atoms with Crippen LogP contribution in [0.3, 0.4) is 0 Å². The second kappa shape index (κ2) is 16.9. The Morgan fingerprint density at radius 3 is 2.32 bits per heavy atom. The van der Waals surface area contributed by atoms with Crippen molar-refractivity contribution in [2.24, 2.45) is 5.73 Å². The van der Waals surface area contributed by atoms with Gasteiger partial charge in [0, 0.05) is 43.2 Å². The van der Waals surface area contributed by atoms with Gasteiger partial charge in [-0.3, -0.25) is 9.78 Å². The van der Waals surface area contributed by atoms with E-state index < -0.39 is 57.3 Å². The first-order valence-corrected chi connectivity index (χ1v) is 16.4. The van der Waals surface area contributed by atoms with Crippen LogP contribution in [0.1, 0.15) is 53.7 Å². The van der Waals surface area contributed by atoms with Gasteiger partial charge in [0.05, 0.1) is 11.5 Å². The zero-order valence-corrected chi connectivity index (χ0v) is 25.8. The normalized spacial score (nSPS) is 13.6. The minimum atomic E-state index is -3.75. The predicted molar refractivity (Wildman–Crippen MR) is 164 cm³/mol. The van der Waals surface area contributed by atoms with E-state index in [0.717, 1.165) is 35.7 Å². The van der Waals surface area contributed by atoms with Gasteiger partial charge in [-0.05, 0) is 60.2 Å². The number of benzene rings is 2. The second-order valence-corrected chi connectivity index (χ2v) is 12.9. The van der Waals surface area contributed by atoms with Crippen molar-refractivity contribution in [1.29, 1.82) is 0 Å². The maximum Gasteiger partial charge on any atom is 0.330 e.